The second kappa shape index (κ2) is 4.79. The molecule has 0 aromatic carbocycles. The molecule has 0 aliphatic carbocycles. The quantitative estimate of drug-likeness (QED) is 0.677. The van der Waals surface area contributed by atoms with Gasteiger partial charge in [0.2, 0.25) is 0 Å². The summed E-state index contributed by atoms with van der Waals surface area (Å²) in [6.07, 6.45) is 1.64. The number of hydrogen-bond donors (Lipinski definition) is 3. The maximum Gasteiger partial charge on any atom is 0.320 e. The van der Waals surface area contributed by atoms with Crippen LogP contribution < -0.4 is 16.4 Å². The van der Waals surface area contributed by atoms with Gasteiger partial charge in [-0.3, -0.25) is 10.00 Å². The van der Waals surface area contributed by atoms with Gasteiger partial charge in [0.15, 0.2) is 0 Å². The molecular weight excluding hydrogens is 194 g/mol. The fourth-order valence-corrected chi connectivity index (χ4v) is 1.20. The molecule has 84 valence electrons. The highest BCUT2D eigenvalue weighted by Gasteiger charge is 2.10. The van der Waals surface area contributed by atoms with E-state index < -0.39 is 0 Å². The van der Waals surface area contributed by atoms with E-state index in [1.54, 1.807) is 17.9 Å². The van der Waals surface area contributed by atoms with Crippen LogP contribution in [0.5, 0.6) is 0 Å². The first kappa shape index (κ1) is 11.5. The third kappa shape index (κ3) is 2.95. The third-order valence-electron chi connectivity index (χ3n) is 1.89. The molecule has 4 N–H and O–H groups in total. The van der Waals surface area contributed by atoms with Gasteiger partial charge in [0, 0.05) is 25.2 Å². The Morgan fingerprint density at radius 1 is 1.67 bits per heavy atom. The molecule has 0 bridgehead atoms. The molecule has 0 radical (unpaired) electrons. The Bertz CT molecular complexity index is 344. The minimum absolute atomic E-state index is 0.0968. The summed E-state index contributed by atoms with van der Waals surface area (Å²) in [5.74, 6) is 0.635. The van der Waals surface area contributed by atoms with E-state index in [0.717, 1.165) is 5.56 Å². The van der Waals surface area contributed by atoms with Gasteiger partial charge in [-0.2, -0.15) is 5.10 Å². The molecule has 0 atom stereocenters. The van der Waals surface area contributed by atoms with Crippen molar-refractivity contribution >= 4 is 11.8 Å². The van der Waals surface area contributed by atoms with E-state index in [4.69, 9.17) is 5.73 Å². The van der Waals surface area contributed by atoms with Crippen molar-refractivity contribution in [2.75, 3.05) is 5.32 Å². The van der Waals surface area contributed by atoms with Crippen LogP contribution in [0, 0.1) is 0 Å². The normalized spacial score (nSPS) is 10.5. The van der Waals surface area contributed by atoms with Gasteiger partial charge >= 0.3 is 6.03 Å². The molecule has 2 amide bonds. The summed E-state index contributed by atoms with van der Waals surface area (Å²) >= 11 is 0. The Balaban J connectivity index is 2.71. The van der Waals surface area contributed by atoms with Gasteiger partial charge in [-0.1, -0.05) is 0 Å². The minimum atomic E-state index is -0.247. The molecule has 1 aromatic heterocycles. The number of rotatable bonds is 3. The van der Waals surface area contributed by atoms with Crippen LogP contribution in [0.3, 0.4) is 0 Å². The molecular formula is C9H17N5O. The standard InChI is InChI=1S/C9H17N5O/c1-6(2)12-9(15)13-8-7(4-10)5-11-14(8)3/h5-6H,4,10H2,1-3H3,(H2,12,13,15). The zero-order valence-corrected chi connectivity index (χ0v) is 9.24. The Kier molecular flexibility index (Phi) is 3.68. The Hall–Kier alpha value is -1.56. The molecule has 6 nitrogen and oxygen atoms in total. The van der Waals surface area contributed by atoms with Gasteiger partial charge in [0.05, 0.1) is 6.20 Å². The zero-order valence-electron chi connectivity index (χ0n) is 9.24. The molecule has 0 aliphatic rings. The predicted octanol–water partition coefficient (Wildman–Crippen LogP) is 0.409. The van der Waals surface area contributed by atoms with Crippen LogP contribution in [0.2, 0.25) is 0 Å². The predicted molar refractivity (Wildman–Crippen MR) is 58.4 cm³/mol. The topological polar surface area (TPSA) is 85.0 Å². The lowest BCUT2D eigenvalue weighted by Gasteiger charge is -2.11. The SMILES string of the molecule is CC(C)NC(=O)Nc1c(CN)cnn1C. The minimum Gasteiger partial charge on any atom is -0.336 e. The fourth-order valence-electron chi connectivity index (χ4n) is 1.20. The maximum absolute atomic E-state index is 11.4. The van der Waals surface area contributed by atoms with E-state index in [-0.39, 0.29) is 12.1 Å². The first-order chi connectivity index (χ1) is 7.04. The van der Waals surface area contributed by atoms with Crippen molar-refractivity contribution in [3.8, 4) is 0 Å². The van der Waals surface area contributed by atoms with Crippen molar-refractivity contribution in [1.29, 1.82) is 0 Å². The number of anilines is 1. The second-order valence-corrected chi connectivity index (χ2v) is 3.60. The molecule has 1 heterocycles. The second-order valence-electron chi connectivity index (χ2n) is 3.60. The number of amides is 2. The highest BCUT2D eigenvalue weighted by Crippen LogP contribution is 2.12. The summed E-state index contributed by atoms with van der Waals surface area (Å²) in [4.78, 5) is 11.4. The summed E-state index contributed by atoms with van der Waals surface area (Å²) < 4.78 is 1.59. The lowest BCUT2D eigenvalue weighted by atomic mass is 10.3. The fraction of sp³-hybridized carbons (Fsp3) is 0.556. The molecule has 15 heavy (non-hydrogen) atoms. The van der Waals surface area contributed by atoms with Crippen LogP contribution in [-0.2, 0) is 13.6 Å². The highest BCUT2D eigenvalue weighted by molar-refractivity contribution is 5.89. The monoisotopic (exact) mass is 211 g/mol. The summed E-state index contributed by atoms with van der Waals surface area (Å²) in [5.41, 5.74) is 6.33. The van der Waals surface area contributed by atoms with E-state index in [2.05, 4.69) is 15.7 Å². The summed E-state index contributed by atoms with van der Waals surface area (Å²) in [5, 5.41) is 9.45. The van der Waals surface area contributed by atoms with E-state index >= 15 is 0 Å². The molecule has 0 unspecified atom stereocenters. The number of nitrogens with two attached hydrogens (primary N) is 1. The third-order valence-corrected chi connectivity index (χ3v) is 1.89. The largest absolute Gasteiger partial charge is 0.336 e. The van der Waals surface area contributed by atoms with E-state index in [1.807, 2.05) is 13.8 Å². The average Bonchev–Trinajstić information content (AvgIpc) is 2.46. The number of nitrogens with zero attached hydrogens (tertiary/aromatic N) is 2. The highest BCUT2D eigenvalue weighted by atomic mass is 16.2. The number of carbonyl (C=O) groups is 1. The lowest BCUT2D eigenvalue weighted by Crippen LogP contribution is -2.35. The Morgan fingerprint density at radius 3 is 2.87 bits per heavy atom. The molecule has 0 aliphatic heterocycles. The van der Waals surface area contributed by atoms with Crippen LogP contribution >= 0.6 is 0 Å². The van der Waals surface area contributed by atoms with Crippen molar-refractivity contribution in [1.82, 2.24) is 15.1 Å². The van der Waals surface area contributed by atoms with E-state index in [1.165, 1.54) is 0 Å². The molecule has 1 aromatic rings. The number of aromatic nitrogens is 2. The first-order valence-electron chi connectivity index (χ1n) is 4.83. The van der Waals surface area contributed by atoms with Crippen LogP contribution in [0.1, 0.15) is 19.4 Å². The van der Waals surface area contributed by atoms with E-state index in [9.17, 15) is 4.79 Å². The molecule has 0 fully saturated rings. The van der Waals surface area contributed by atoms with Crippen molar-refractivity contribution in [2.45, 2.75) is 26.4 Å². The Labute approximate surface area is 88.8 Å². The number of hydrogen-bond acceptors (Lipinski definition) is 3. The van der Waals surface area contributed by atoms with Gasteiger partial charge in [-0.15, -0.1) is 0 Å². The van der Waals surface area contributed by atoms with Gasteiger partial charge in [-0.05, 0) is 13.8 Å². The number of aryl methyl sites for hydroxylation is 1. The van der Waals surface area contributed by atoms with Crippen LogP contribution in [0.15, 0.2) is 6.20 Å². The van der Waals surface area contributed by atoms with Crippen molar-refractivity contribution < 1.29 is 4.79 Å². The molecule has 1 rings (SSSR count). The lowest BCUT2D eigenvalue weighted by molar-refractivity contribution is 0.249. The van der Waals surface area contributed by atoms with Crippen molar-refractivity contribution in [2.24, 2.45) is 12.8 Å². The first-order valence-corrected chi connectivity index (χ1v) is 4.83. The van der Waals surface area contributed by atoms with Crippen LogP contribution in [-0.4, -0.2) is 21.9 Å². The van der Waals surface area contributed by atoms with Gasteiger partial charge in [0.1, 0.15) is 5.82 Å². The smallest absolute Gasteiger partial charge is 0.320 e. The molecule has 0 spiro atoms. The number of nitrogens with one attached hydrogen (secondary N) is 2. The summed E-state index contributed by atoms with van der Waals surface area (Å²) in [6.45, 7) is 4.14. The number of carbonyl (C=O) groups excluding carboxylic acids is 1. The summed E-state index contributed by atoms with van der Waals surface area (Å²) in [7, 11) is 1.75. The van der Waals surface area contributed by atoms with Crippen molar-refractivity contribution in [3.63, 3.8) is 0 Å². The summed E-state index contributed by atoms with van der Waals surface area (Å²) in [6, 6.07) is -0.150. The van der Waals surface area contributed by atoms with Gasteiger partial charge in [-0.25, -0.2) is 4.79 Å². The van der Waals surface area contributed by atoms with Gasteiger partial charge < -0.3 is 11.1 Å². The van der Waals surface area contributed by atoms with Crippen LogP contribution in [0.25, 0.3) is 0 Å². The molecule has 6 heteroatoms. The van der Waals surface area contributed by atoms with Crippen molar-refractivity contribution in [3.05, 3.63) is 11.8 Å². The van der Waals surface area contributed by atoms with Gasteiger partial charge in [0.25, 0.3) is 0 Å². The maximum atomic E-state index is 11.4. The molecule has 0 saturated heterocycles. The molecule has 0 saturated carbocycles. The average molecular weight is 211 g/mol. The Morgan fingerprint density at radius 2 is 2.33 bits per heavy atom. The van der Waals surface area contributed by atoms with Crippen LogP contribution in [0.4, 0.5) is 10.6 Å². The zero-order chi connectivity index (χ0) is 11.4. The number of urea groups is 1. The van der Waals surface area contributed by atoms with E-state index in [0.29, 0.717) is 12.4 Å².